The lowest BCUT2D eigenvalue weighted by atomic mass is 10.0. The zero-order valence-electron chi connectivity index (χ0n) is 19.2. The Bertz CT molecular complexity index is 1100. The minimum Gasteiger partial charge on any atom is -0.494 e. The van der Waals surface area contributed by atoms with Gasteiger partial charge in [-0.2, -0.15) is 0 Å². The van der Waals surface area contributed by atoms with E-state index in [9.17, 15) is 14.0 Å². The van der Waals surface area contributed by atoms with E-state index in [0.29, 0.717) is 23.6 Å². The molecule has 1 aromatic heterocycles. The largest absolute Gasteiger partial charge is 0.494 e. The van der Waals surface area contributed by atoms with E-state index < -0.39 is 11.9 Å². The van der Waals surface area contributed by atoms with Crippen molar-refractivity contribution in [2.75, 3.05) is 11.5 Å². The Hall–Kier alpha value is -3.19. The summed E-state index contributed by atoms with van der Waals surface area (Å²) in [6.07, 6.45) is 4.15. The minimum absolute atomic E-state index is 0.0828. The molecule has 0 radical (unpaired) electrons. The predicted molar refractivity (Wildman–Crippen MR) is 133 cm³/mol. The molecule has 4 rings (SSSR count). The van der Waals surface area contributed by atoms with Gasteiger partial charge in [-0.05, 0) is 61.0 Å². The fraction of sp³-hybridized carbons (Fsp3) is 0.333. The van der Waals surface area contributed by atoms with Crippen LogP contribution in [0.15, 0.2) is 66.0 Å². The van der Waals surface area contributed by atoms with Crippen LogP contribution < -0.4 is 15.0 Å². The molecule has 1 fully saturated rings. The topological polar surface area (TPSA) is 58.6 Å². The third-order valence-electron chi connectivity index (χ3n) is 5.97. The average molecular weight is 481 g/mol. The van der Waals surface area contributed by atoms with Crippen molar-refractivity contribution in [3.8, 4) is 5.75 Å². The first-order valence-electron chi connectivity index (χ1n) is 11.7. The van der Waals surface area contributed by atoms with E-state index in [4.69, 9.17) is 4.74 Å². The number of amides is 2. The molecule has 0 unspecified atom stereocenters. The van der Waals surface area contributed by atoms with Gasteiger partial charge in [-0.25, -0.2) is 4.39 Å². The smallest absolute Gasteiger partial charge is 0.248 e. The SMILES string of the molecule is CCOc1cccc(N(C(=O)Cc2cccs2)[C@H](C(=O)NC2CCCC2)c2ccc(F)cc2)c1. The third-order valence-corrected chi connectivity index (χ3v) is 6.85. The van der Waals surface area contributed by atoms with Crippen molar-refractivity contribution < 1.29 is 18.7 Å². The molecule has 1 aliphatic rings. The lowest BCUT2D eigenvalue weighted by Crippen LogP contribution is -2.46. The monoisotopic (exact) mass is 480 g/mol. The van der Waals surface area contributed by atoms with E-state index in [1.165, 1.54) is 28.4 Å². The second-order valence-electron chi connectivity index (χ2n) is 8.39. The summed E-state index contributed by atoms with van der Waals surface area (Å²) in [5.41, 5.74) is 1.11. The van der Waals surface area contributed by atoms with Crippen LogP contribution in [0.5, 0.6) is 5.75 Å². The van der Waals surface area contributed by atoms with Gasteiger partial charge in [-0.1, -0.05) is 37.1 Å². The van der Waals surface area contributed by atoms with E-state index in [-0.39, 0.29) is 24.3 Å². The lowest BCUT2D eigenvalue weighted by molar-refractivity contribution is -0.127. The summed E-state index contributed by atoms with van der Waals surface area (Å²) in [7, 11) is 0. The van der Waals surface area contributed by atoms with Crippen LogP contribution in [0.1, 0.15) is 49.1 Å². The maximum atomic E-state index is 13.8. The molecule has 3 aromatic rings. The Morgan fingerprint density at radius 3 is 2.56 bits per heavy atom. The second kappa shape index (κ2) is 11.3. The van der Waals surface area contributed by atoms with E-state index in [2.05, 4.69) is 5.32 Å². The maximum absolute atomic E-state index is 13.8. The molecule has 7 heteroatoms. The number of carbonyl (C=O) groups excluding carboxylic acids is 2. The summed E-state index contributed by atoms with van der Waals surface area (Å²) in [4.78, 5) is 29.9. The number of nitrogens with one attached hydrogen (secondary N) is 1. The summed E-state index contributed by atoms with van der Waals surface area (Å²) in [6.45, 7) is 2.37. The Morgan fingerprint density at radius 1 is 1.12 bits per heavy atom. The van der Waals surface area contributed by atoms with E-state index in [1.807, 2.05) is 36.6 Å². The van der Waals surface area contributed by atoms with Gasteiger partial charge in [0.1, 0.15) is 17.6 Å². The van der Waals surface area contributed by atoms with Crippen molar-refractivity contribution in [2.45, 2.75) is 51.1 Å². The number of rotatable bonds is 9. The quantitative estimate of drug-likeness (QED) is 0.430. The molecule has 2 amide bonds. The lowest BCUT2D eigenvalue weighted by Gasteiger charge is -2.32. The molecule has 0 aliphatic heterocycles. The predicted octanol–water partition coefficient (Wildman–Crippen LogP) is 5.66. The highest BCUT2D eigenvalue weighted by atomic mass is 32.1. The summed E-state index contributed by atoms with van der Waals surface area (Å²) < 4.78 is 19.4. The van der Waals surface area contributed by atoms with E-state index >= 15 is 0 Å². The number of halogens is 1. The van der Waals surface area contributed by atoms with Crippen molar-refractivity contribution >= 4 is 28.8 Å². The van der Waals surface area contributed by atoms with Crippen molar-refractivity contribution in [3.63, 3.8) is 0 Å². The molecule has 34 heavy (non-hydrogen) atoms. The highest BCUT2D eigenvalue weighted by molar-refractivity contribution is 7.10. The second-order valence-corrected chi connectivity index (χ2v) is 9.43. The summed E-state index contributed by atoms with van der Waals surface area (Å²) in [5, 5.41) is 5.06. The Kier molecular flexibility index (Phi) is 7.95. The zero-order valence-corrected chi connectivity index (χ0v) is 20.0. The fourth-order valence-electron chi connectivity index (χ4n) is 4.39. The minimum atomic E-state index is -0.939. The van der Waals surface area contributed by atoms with Gasteiger partial charge in [0.15, 0.2) is 0 Å². The fourth-order valence-corrected chi connectivity index (χ4v) is 5.08. The van der Waals surface area contributed by atoms with Crippen LogP contribution in [0.2, 0.25) is 0 Å². The van der Waals surface area contributed by atoms with Crippen LogP contribution >= 0.6 is 11.3 Å². The van der Waals surface area contributed by atoms with Crippen LogP contribution in [0.25, 0.3) is 0 Å². The number of anilines is 1. The number of carbonyl (C=O) groups is 2. The van der Waals surface area contributed by atoms with Gasteiger partial charge in [0.2, 0.25) is 11.8 Å². The summed E-state index contributed by atoms with van der Waals surface area (Å²) >= 11 is 1.50. The molecule has 1 N–H and O–H groups in total. The molecule has 1 saturated carbocycles. The molecule has 1 heterocycles. The molecule has 0 spiro atoms. The first-order valence-corrected chi connectivity index (χ1v) is 12.6. The van der Waals surface area contributed by atoms with Crippen molar-refractivity contribution in [1.82, 2.24) is 5.32 Å². The number of hydrogen-bond donors (Lipinski definition) is 1. The molecular weight excluding hydrogens is 451 g/mol. The van der Waals surface area contributed by atoms with E-state index in [1.54, 1.807) is 24.3 Å². The van der Waals surface area contributed by atoms with Crippen LogP contribution in [-0.2, 0) is 16.0 Å². The Morgan fingerprint density at radius 2 is 1.88 bits per heavy atom. The van der Waals surface area contributed by atoms with Crippen molar-refractivity contribution in [2.24, 2.45) is 0 Å². The average Bonchev–Trinajstić information content (AvgIpc) is 3.53. The first-order chi connectivity index (χ1) is 16.5. The van der Waals surface area contributed by atoms with Crippen molar-refractivity contribution in [1.29, 1.82) is 0 Å². The number of thiophene rings is 1. The first kappa shape index (κ1) is 24.0. The molecule has 1 aliphatic carbocycles. The molecular formula is C27H29FN2O3S. The maximum Gasteiger partial charge on any atom is 0.248 e. The Balaban J connectivity index is 1.76. The third kappa shape index (κ3) is 5.83. The van der Waals surface area contributed by atoms with Crippen LogP contribution in [0.4, 0.5) is 10.1 Å². The summed E-state index contributed by atoms with van der Waals surface area (Å²) in [6, 6.07) is 15.9. The molecule has 0 bridgehead atoms. The number of ether oxygens (including phenoxy) is 1. The van der Waals surface area contributed by atoms with Gasteiger partial charge < -0.3 is 10.1 Å². The zero-order chi connectivity index (χ0) is 23.9. The standard InChI is InChI=1S/C27H29FN2O3S/c1-2-33-23-10-5-9-22(17-23)30(25(31)18-24-11-6-16-34-24)26(19-12-14-20(28)15-13-19)27(32)29-21-7-3-4-8-21/h5-6,9-17,21,26H,2-4,7-8,18H2,1H3,(H,29,32)/t26-/m0/s1. The number of nitrogens with zero attached hydrogens (tertiary/aromatic N) is 1. The molecule has 178 valence electrons. The van der Waals surface area contributed by atoms with E-state index in [0.717, 1.165) is 30.6 Å². The van der Waals surface area contributed by atoms with Crippen molar-refractivity contribution in [3.05, 3.63) is 82.3 Å². The van der Waals surface area contributed by atoms with Gasteiger partial charge >= 0.3 is 0 Å². The Labute approximate surface area is 203 Å². The van der Waals surface area contributed by atoms with Gasteiger partial charge in [0.05, 0.1) is 13.0 Å². The molecule has 2 aromatic carbocycles. The molecule has 0 saturated heterocycles. The van der Waals surface area contributed by atoms with Gasteiger partial charge in [-0.15, -0.1) is 11.3 Å². The van der Waals surface area contributed by atoms with Crippen LogP contribution in [-0.4, -0.2) is 24.5 Å². The highest BCUT2D eigenvalue weighted by Crippen LogP contribution is 2.32. The van der Waals surface area contributed by atoms with Gasteiger partial charge in [0.25, 0.3) is 0 Å². The van der Waals surface area contributed by atoms with Gasteiger partial charge in [0, 0.05) is 22.7 Å². The van der Waals surface area contributed by atoms with Gasteiger partial charge in [-0.3, -0.25) is 14.5 Å². The summed E-state index contributed by atoms with van der Waals surface area (Å²) in [5.74, 6) is -0.261. The normalized spacial score (nSPS) is 14.5. The number of hydrogen-bond acceptors (Lipinski definition) is 4. The highest BCUT2D eigenvalue weighted by Gasteiger charge is 2.34. The molecule has 5 nitrogen and oxygen atoms in total. The van der Waals surface area contributed by atoms with Crippen LogP contribution in [0, 0.1) is 5.82 Å². The number of benzene rings is 2. The molecule has 1 atom stereocenters. The van der Waals surface area contributed by atoms with Crippen LogP contribution in [0.3, 0.4) is 0 Å².